The predicted octanol–water partition coefficient (Wildman–Crippen LogP) is 6.25. The molecular weight excluding hydrogens is 372 g/mol. The van der Waals surface area contributed by atoms with Crippen LogP contribution in [0.1, 0.15) is 42.7 Å². The van der Waals surface area contributed by atoms with Gasteiger partial charge in [-0.05, 0) is 61.3 Å². The number of rotatable bonds is 5. The average Bonchev–Trinajstić information content (AvgIpc) is 2.72. The molecule has 1 aliphatic carbocycles. The van der Waals surface area contributed by atoms with Gasteiger partial charge in [0.05, 0.1) is 14.2 Å². The Labute approximate surface area is 161 Å². The minimum atomic E-state index is -1.01. The standard InChI is InChI=1S/C22H22F4O2/c1-27-17-11-9-15(19(23)21(17)25)8-5-13-3-6-14(7-4-13)16-10-12-18(28-2)22(26)20(16)24/h5,8-14H,3-4,6-7H2,1-2H3/b8-5+. The molecule has 0 radical (unpaired) electrons. The molecule has 0 atom stereocenters. The van der Waals surface area contributed by atoms with Crippen molar-refractivity contribution in [2.45, 2.75) is 31.6 Å². The molecule has 28 heavy (non-hydrogen) atoms. The summed E-state index contributed by atoms with van der Waals surface area (Å²) in [5.74, 6) is -3.90. The average molecular weight is 394 g/mol. The zero-order valence-corrected chi connectivity index (χ0v) is 15.8. The molecule has 0 bridgehead atoms. The molecule has 6 heteroatoms. The van der Waals surface area contributed by atoms with Gasteiger partial charge in [0.15, 0.2) is 23.1 Å². The monoisotopic (exact) mass is 394 g/mol. The van der Waals surface area contributed by atoms with Gasteiger partial charge >= 0.3 is 0 Å². The van der Waals surface area contributed by atoms with Crippen molar-refractivity contribution in [3.8, 4) is 11.5 Å². The molecule has 0 aliphatic heterocycles. The van der Waals surface area contributed by atoms with Crippen LogP contribution in [0.4, 0.5) is 17.6 Å². The summed E-state index contributed by atoms with van der Waals surface area (Å²) in [6, 6.07) is 5.87. The number of hydrogen-bond acceptors (Lipinski definition) is 2. The summed E-state index contributed by atoms with van der Waals surface area (Å²) in [7, 11) is 2.58. The topological polar surface area (TPSA) is 18.5 Å². The molecule has 1 saturated carbocycles. The van der Waals surface area contributed by atoms with Crippen LogP contribution in [0.25, 0.3) is 6.08 Å². The molecule has 1 aliphatic rings. The van der Waals surface area contributed by atoms with Gasteiger partial charge in [-0.1, -0.05) is 18.2 Å². The number of halogens is 4. The van der Waals surface area contributed by atoms with Crippen molar-refractivity contribution in [1.29, 1.82) is 0 Å². The maximum Gasteiger partial charge on any atom is 0.201 e. The van der Waals surface area contributed by atoms with E-state index in [0.717, 1.165) is 12.8 Å². The minimum Gasteiger partial charge on any atom is -0.494 e. The van der Waals surface area contributed by atoms with Crippen LogP contribution in [0.2, 0.25) is 0 Å². The second kappa shape index (κ2) is 8.67. The van der Waals surface area contributed by atoms with E-state index < -0.39 is 23.3 Å². The zero-order chi connectivity index (χ0) is 20.3. The van der Waals surface area contributed by atoms with Crippen LogP contribution in [0, 0.1) is 29.2 Å². The van der Waals surface area contributed by atoms with Gasteiger partial charge in [-0.25, -0.2) is 8.78 Å². The first-order chi connectivity index (χ1) is 13.5. The fraction of sp³-hybridized carbons (Fsp3) is 0.364. The number of hydrogen-bond donors (Lipinski definition) is 0. The van der Waals surface area contributed by atoms with Crippen LogP contribution >= 0.6 is 0 Å². The van der Waals surface area contributed by atoms with E-state index in [1.54, 1.807) is 12.1 Å². The minimum absolute atomic E-state index is 0.0692. The van der Waals surface area contributed by atoms with E-state index in [1.165, 1.54) is 32.4 Å². The summed E-state index contributed by atoms with van der Waals surface area (Å²) in [6.45, 7) is 0. The molecule has 0 N–H and O–H groups in total. The third-order valence-electron chi connectivity index (χ3n) is 5.35. The summed E-state index contributed by atoms with van der Waals surface area (Å²) < 4.78 is 65.6. The molecule has 0 amide bonds. The van der Waals surface area contributed by atoms with E-state index in [1.807, 2.05) is 6.08 Å². The molecule has 150 valence electrons. The van der Waals surface area contributed by atoms with Crippen molar-refractivity contribution in [2.75, 3.05) is 14.2 Å². The van der Waals surface area contributed by atoms with Gasteiger partial charge in [0, 0.05) is 5.56 Å². The highest BCUT2D eigenvalue weighted by Gasteiger charge is 2.25. The van der Waals surface area contributed by atoms with Gasteiger partial charge in [-0.2, -0.15) is 8.78 Å². The van der Waals surface area contributed by atoms with Crippen molar-refractivity contribution in [3.05, 3.63) is 64.7 Å². The van der Waals surface area contributed by atoms with Gasteiger partial charge in [0.1, 0.15) is 0 Å². The third kappa shape index (κ3) is 4.01. The summed E-state index contributed by atoms with van der Waals surface area (Å²) in [5.41, 5.74) is 0.521. The molecular formula is C22H22F4O2. The molecule has 2 aromatic rings. The SMILES string of the molecule is COc1ccc(/C=C/C2CCC(c3ccc(OC)c(F)c3F)CC2)c(F)c1F. The van der Waals surface area contributed by atoms with E-state index in [2.05, 4.69) is 0 Å². The highest BCUT2D eigenvalue weighted by atomic mass is 19.2. The Morgan fingerprint density at radius 1 is 0.750 bits per heavy atom. The highest BCUT2D eigenvalue weighted by Crippen LogP contribution is 2.39. The molecule has 0 heterocycles. The number of ether oxygens (including phenoxy) is 2. The largest absolute Gasteiger partial charge is 0.494 e. The Kier molecular flexibility index (Phi) is 6.27. The second-order valence-electron chi connectivity index (χ2n) is 6.94. The quantitative estimate of drug-likeness (QED) is 0.558. The lowest BCUT2D eigenvalue weighted by molar-refractivity contribution is 0.350. The fourth-order valence-electron chi connectivity index (χ4n) is 3.72. The van der Waals surface area contributed by atoms with E-state index in [4.69, 9.17) is 9.47 Å². The zero-order valence-electron chi connectivity index (χ0n) is 15.8. The Hall–Kier alpha value is -2.50. The van der Waals surface area contributed by atoms with Crippen LogP contribution in [0.15, 0.2) is 30.3 Å². The van der Waals surface area contributed by atoms with E-state index in [9.17, 15) is 17.6 Å². The number of methoxy groups -OCH3 is 2. The summed E-state index contributed by atoms with van der Waals surface area (Å²) >= 11 is 0. The number of allylic oxidation sites excluding steroid dienone is 1. The van der Waals surface area contributed by atoms with Crippen molar-refractivity contribution in [1.82, 2.24) is 0 Å². The number of benzene rings is 2. The molecule has 1 fully saturated rings. The molecule has 0 saturated heterocycles. The van der Waals surface area contributed by atoms with Gasteiger partial charge in [-0.3, -0.25) is 0 Å². The molecule has 2 nitrogen and oxygen atoms in total. The van der Waals surface area contributed by atoms with E-state index in [0.29, 0.717) is 18.4 Å². The fourth-order valence-corrected chi connectivity index (χ4v) is 3.72. The van der Waals surface area contributed by atoms with Crippen molar-refractivity contribution in [2.24, 2.45) is 5.92 Å². The van der Waals surface area contributed by atoms with Crippen LogP contribution in [0.3, 0.4) is 0 Å². The first-order valence-corrected chi connectivity index (χ1v) is 9.18. The molecule has 0 unspecified atom stereocenters. The normalized spacial score (nSPS) is 19.8. The maximum atomic E-state index is 14.3. The van der Waals surface area contributed by atoms with Crippen molar-refractivity contribution in [3.63, 3.8) is 0 Å². The Morgan fingerprint density at radius 2 is 1.32 bits per heavy atom. The molecule has 2 aromatic carbocycles. The van der Waals surface area contributed by atoms with Gasteiger partial charge in [-0.15, -0.1) is 0 Å². The van der Waals surface area contributed by atoms with Crippen LogP contribution in [-0.4, -0.2) is 14.2 Å². The lowest BCUT2D eigenvalue weighted by atomic mass is 9.78. The van der Waals surface area contributed by atoms with Crippen LogP contribution in [-0.2, 0) is 0 Å². The lowest BCUT2D eigenvalue weighted by Gasteiger charge is -2.27. The molecule has 0 spiro atoms. The van der Waals surface area contributed by atoms with Gasteiger partial charge in [0.2, 0.25) is 11.6 Å². The highest BCUT2D eigenvalue weighted by molar-refractivity contribution is 5.52. The molecule has 3 rings (SSSR count). The summed E-state index contributed by atoms with van der Waals surface area (Å²) in [6.07, 6.45) is 6.32. The Balaban J connectivity index is 1.66. The Morgan fingerprint density at radius 3 is 1.93 bits per heavy atom. The molecule has 0 aromatic heterocycles. The van der Waals surface area contributed by atoms with E-state index in [-0.39, 0.29) is 28.9 Å². The third-order valence-corrected chi connectivity index (χ3v) is 5.35. The van der Waals surface area contributed by atoms with Crippen LogP contribution in [0.5, 0.6) is 11.5 Å². The van der Waals surface area contributed by atoms with Crippen molar-refractivity contribution < 1.29 is 27.0 Å². The Bertz CT molecular complexity index is 871. The van der Waals surface area contributed by atoms with E-state index >= 15 is 0 Å². The van der Waals surface area contributed by atoms with Gasteiger partial charge in [0.25, 0.3) is 0 Å². The maximum absolute atomic E-state index is 14.3. The summed E-state index contributed by atoms with van der Waals surface area (Å²) in [5, 5.41) is 0. The second-order valence-corrected chi connectivity index (χ2v) is 6.94. The first kappa shape index (κ1) is 20.2. The smallest absolute Gasteiger partial charge is 0.201 e. The van der Waals surface area contributed by atoms with Gasteiger partial charge < -0.3 is 9.47 Å². The predicted molar refractivity (Wildman–Crippen MR) is 99.6 cm³/mol. The summed E-state index contributed by atoms with van der Waals surface area (Å²) in [4.78, 5) is 0. The first-order valence-electron chi connectivity index (χ1n) is 9.18. The lowest BCUT2D eigenvalue weighted by Crippen LogP contribution is -2.13. The van der Waals surface area contributed by atoms with Crippen LogP contribution < -0.4 is 9.47 Å². The van der Waals surface area contributed by atoms with Crippen molar-refractivity contribution >= 4 is 6.08 Å².